The minimum Gasteiger partial charge on any atom is -0.484 e. The molecule has 1 rings (SSSR count). The molecule has 0 aromatic carbocycles. The van der Waals surface area contributed by atoms with Crippen molar-refractivity contribution in [1.82, 2.24) is 0 Å². The first-order valence-corrected chi connectivity index (χ1v) is 9.84. The highest BCUT2D eigenvalue weighted by molar-refractivity contribution is 7.13. The highest BCUT2D eigenvalue weighted by Crippen LogP contribution is 2.23. The summed E-state index contributed by atoms with van der Waals surface area (Å²) in [5, 5.41) is 1.08. The third kappa shape index (κ3) is 10.8. The van der Waals surface area contributed by atoms with E-state index < -0.39 is 0 Å². The fourth-order valence-electron chi connectivity index (χ4n) is 2.61. The predicted octanol–water partition coefficient (Wildman–Crippen LogP) is 7.14. The summed E-state index contributed by atoms with van der Waals surface area (Å²) < 4.78 is 5.74. The van der Waals surface area contributed by atoms with Crippen LogP contribution in [0.4, 0.5) is 0 Å². The summed E-state index contributed by atoms with van der Waals surface area (Å²) in [6.07, 6.45) is 16.8. The van der Waals surface area contributed by atoms with Gasteiger partial charge in [0.1, 0.15) is 0 Å². The molecule has 1 aromatic rings. The topological polar surface area (TPSA) is 9.23 Å². The smallest absolute Gasteiger partial charge is 0.173 e. The van der Waals surface area contributed by atoms with Crippen molar-refractivity contribution in [3.63, 3.8) is 0 Å². The highest BCUT2D eigenvalue weighted by atomic mass is 32.1. The first-order chi connectivity index (χ1) is 10.3. The number of unbranched alkanes of at least 4 members (excludes halogenated alkanes) is 11. The summed E-state index contributed by atoms with van der Waals surface area (Å²) in [5.41, 5.74) is 0. The Morgan fingerprint density at radius 3 is 1.76 bits per heavy atom. The largest absolute Gasteiger partial charge is 0.484 e. The number of thiophene rings is 1. The number of ether oxygens (including phenoxy) is 1. The SMILES string of the molecule is CCCCCCCCCCCCCCOc1ccc(C)s1. The molecule has 21 heavy (non-hydrogen) atoms. The lowest BCUT2D eigenvalue weighted by atomic mass is 10.1. The van der Waals surface area contributed by atoms with Crippen LogP contribution >= 0.6 is 11.3 Å². The summed E-state index contributed by atoms with van der Waals surface area (Å²) in [7, 11) is 0. The van der Waals surface area contributed by atoms with E-state index in [-0.39, 0.29) is 0 Å². The summed E-state index contributed by atoms with van der Waals surface area (Å²) >= 11 is 1.75. The van der Waals surface area contributed by atoms with E-state index in [9.17, 15) is 0 Å². The van der Waals surface area contributed by atoms with Crippen molar-refractivity contribution in [2.45, 2.75) is 90.9 Å². The summed E-state index contributed by atoms with van der Waals surface area (Å²) in [5.74, 6) is 0. The predicted molar refractivity (Wildman–Crippen MR) is 95.6 cm³/mol. The Morgan fingerprint density at radius 1 is 0.762 bits per heavy atom. The maximum absolute atomic E-state index is 5.74. The van der Waals surface area contributed by atoms with Gasteiger partial charge in [-0.05, 0) is 25.5 Å². The molecule has 0 saturated carbocycles. The van der Waals surface area contributed by atoms with Crippen molar-refractivity contribution in [2.75, 3.05) is 6.61 Å². The maximum atomic E-state index is 5.74. The molecule has 1 aromatic heterocycles. The average Bonchev–Trinajstić information content (AvgIpc) is 2.89. The molecule has 2 heteroatoms. The zero-order valence-corrected chi connectivity index (χ0v) is 15.0. The molecule has 0 aliphatic rings. The van der Waals surface area contributed by atoms with Crippen molar-refractivity contribution in [3.05, 3.63) is 17.0 Å². The van der Waals surface area contributed by atoms with Crippen LogP contribution in [0, 0.1) is 6.92 Å². The summed E-state index contributed by atoms with van der Waals surface area (Å²) in [6, 6.07) is 4.21. The molecule has 0 atom stereocenters. The molecule has 0 N–H and O–H groups in total. The van der Waals surface area contributed by atoms with Gasteiger partial charge in [-0.15, -0.1) is 11.3 Å². The number of hydrogen-bond donors (Lipinski definition) is 0. The molecular weight excluding hydrogens is 276 g/mol. The van der Waals surface area contributed by atoms with Gasteiger partial charge in [0.25, 0.3) is 0 Å². The van der Waals surface area contributed by atoms with Crippen LogP contribution in [0.5, 0.6) is 5.06 Å². The molecule has 0 spiro atoms. The van der Waals surface area contributed by atoms with Gasteiger partial charge >= 0.3 is 0 Å². The molecule has 0 aliphatic carbocycles. The molecule has 0 fully saturated rings. The average molecular weight is 311 g/mol. The monoisotopic (exact) mass is 310 g/mol. The van der Waals surface area contributed by atoms with Crippen LogP contribution in [-0.2, 0) is 0 Å². The van der Waals surface area contributed by atoms with E-state index in [4.69, 9.17) is 4.74 Å². The Hall–Kier alpha value is -0.500. The Bertz CT molecular complexity index is 332. The van der Waals surface area contributed by atoms with Gasteiger partial charge in [-0.1, -0.05) is 77.6 Å². The number of hydrogen-bond acceptors (Lipinski definition) is 2. The van der Waals surface area contributed by atoms with Crippen LogP contribution in [-0.4, -0.2) is 6.61 Å². The second-order valence-corrected chi connectivity index (χ2v) is 7.35. The first-order valence-electron chi connectivity index (χ1n) is 9.02. The van der Waals surface area contributed by atoms with Crippen LogP contribution in [0.3, 0.4) is 0 Å². The van der Waals surface area contributed by atoms with Gasteiger partial charge in [-0.25, -0.2) is 0 Å². The Kier molecular flexibility index (Phi) is 11.6. The fourth-order valence-corrected chi connectivity index (χ4v) is 3.34. The van der Waals surface area contributed by atoms with Crippen molar-refractivity contribution in [2.24, 2.45) is 0 Å². The van der Waals surface area contributed by atoms with Crippen LogP contribution in [0.1, 0.15) is 88.9 Å². The van der Waals surface area contributed by atoms with Crippen molar-refractivity contribution >= 4 is 11.3 Å². The molecule has 0 amide bonds. The van der Waals surface area contributed by atoms with E-state index in [0.717, 1.165) is 11.7 Å². The van der Waals surface area contributed by atoms with Gasteiger partial charge in [0.15, 0.2) is 5.06 Å². The first kappa shape index (κ1) is 18.5. The zero-order valence-electron chi connectivity index (χ0n) is 14.2. The van der Waals surface area contributed by atoms with Gasteiger partial charge in [-0.2, -0.15) is 0 Å². The summed E-state index contributed by atoms with van der Waals surface area (Å²) in [6.45, 7) is 5.30. The van der Waals surface area contributed by atoms with E-state index in [1.807, 2.05) is 0 Å². The molecule has 0 bridgehead atoms. The van der Waals surface area contributed by atoms with Gasteiger partial charge < -0.3 is 4.74 Å². The highest BCUT2D eigenvalue weighted by Gasteiger charge is 1.97. The standard InChI is InChI=1S/C19H34OS/c1-3-4-5-6-7-8-9-10-11-12-13-14-17-20-19-16-15-18(2)21-19/h15-16H,3-14,17H2,1-2H3. The fraction of sp³-hybridized carbons (Fsp3) is 0.789. The third-order valence-electron chi connectivity index (χ3n) is 3.96. The Balaban J connectivity index is 1.74. The second kappa shape index (κ2) is 13.2. The van der Waals surface area contributed by atoms with Gasteiger partial charge in [-0.3, -0.25) is 0 Å². The molecular formula is C19H34OS. The zero-order chi connectivity index (χ0) is 15.2. The molecule has 1 heterocycles. The Morgan fingerprint density at radius 2 is 1.29 bits per heavy atom. The molecule has 0 saturated heterocycles. The van der Waals surface area contributed by atoms with E-state index in [2.05, 4.69) is 26.0 Å². The normalized spacial score (nSPS) is 11.0. The van der Waals surface area contributed by atoms with Crippen LogP contribution in [0.25, 0.3) is 0 Å². The molecule has 122 valence electrons. The third-order valence-corrected chi connectivity index (χ3v) is 4.87. The lowest BCUT2D eigenvalue weighted by Gasteiger charge is -2.04. The van der Waals surface area contributed by atoms with E-state index in [1.54, 1.807) is 11.3 Å². The van der Waals surface area contributed by atoms with E-state index in [1.165, 1.54) is 81.9 Å². The lowest BCUT2D eigenvalue weighted by molar-refractivity contribution is 0.312. The minimum atomic E-state index is 0.886. The van der Waals surface area contributed by atoms with Crippen LogP contribution < -0.4 is 4.74 Å². The van der Waals surface area contributed by atoms with Crippen molar-refractivity contribution in [3.8, 4) is 5.06 Å². The number of rotatable bonds is 14. The van der Waals surface area contributed by atoms with Gasteiger partial charge in [0.2, 0.25) is 0 Å². The van der Waals surface area contributed by atoms with Gasteiger partial charge in [0, 0.05) is 4.88 Å². The van der Waals surface area contributed by atoms with Crippen LogP contribution in [0.15, 0.2) is 12.1 Å². The quantitative estimate of drug-likeness (QED) is 0.332. The van der Waals surface area contributed by atoms with Gasteiger partial charge in [0.05, 0.1) is 6.61 Å². The molecule has 0 aliphatic heterocycles. The Labute approximate surface area is 136 Å². The van der Waals surface area contributed by atoms with E-state index >= 15 is 0 Å². The van der Waals surface area contributed by atoms with Crippen LogP contribution in [0.2, 0.25) is 0 Å². The number of aryl methyl sites for hydroxylation is 1. The minimum absolute atomic E-state index is 0.886. The maximum Gasteiger partial charge on any atom is 0.173 e. The molecule has 0 unspecified atom stereocenters. The molecule has 0 radical (unpaired) electrons. The molecule has 1 nitrogen and oxygen atoms in total. The van der Waals surface area contributed by atoms with E-state index in [0.29, 0.717) is 0 Å². The second-order valence-electron chi connectivity index (χ2n) is 6.10. The van der Waals surface area contributed by atoms with Crippen molar-refractivity contribution in [1.29, 1.82) is 0 Å². The summed E-state index contributed by atoms with van der Waals surface area (Å²) in [4.78, 5) is 1.33. The lowest BCUT2D eigenvalue weighted by Crippen LogP contribution is -1.95. The van der Waals surface area contributed by atoms with Crippen molar-refractivity contribution < 1.29 is 4.74 Å².